The van der Waals surface area contributed by atoms with Crippen LogP contribution in [0.15, 0.2) is 46.3 Å². The van der Waals surface area contributed by atoms with Gasteiger partial charge in [0.15, 0.2) is 4.80 Å². The maximum absolute atomic E-state index is 13.2. The molecule has 2 heterocycles. The van der Waals surface area contributed by atoms with E-state index in [1.54, 1.807) is 12.1 Å². The summed E-state index contributed by atoms with van der Waals surface area (Å²) in [5.74, 6) is 2.41. The molecule has 3 aromatic rings. The zero-order valence-electron chi connectivity index (χ0n) is 19.4. The summed E-state index contributed by atoms with van der Waals surface area (Å²) in [6.45, 7) is 4.83. The Labute approximate surface area is 203 Å². The van der Waals surface area contributed by atoms with Crippen LogP contribution in [0.1, 0.15) is 24.0 Å². The number of carbonyl (C=O) groups is 1. The Morgan fingerprint density at radius 3 is 2.68 bits per heavy atom. The lowest BCUT2D eigenvalue weighted by atomic mass is 9.99. The van der Waals surface area contributed by atoms with E-state index >= 15 is 0 Å². The molecule has 34 heavy (non-hydrogen) atoms. The number of benzene rings is 2. The van der Waals surface area contributed by atoms with E-state index in [0.717, 1.165) is 21.3 Å². The first-order valence-electron chi connectivity index (χ1n) is 11.0. The molecule has 1 saturated heterocycles. The zero-order valence-corrected chi connectivity index (χ0v) is 21.1. The van der Waals surface area contributed by atoms with Crippen molar-refractivity contribution in [1.29, 1.82) is 0 Å². The van der Waals surface area contributed by atoms with Crippen LogP contribution >= 0.6 is 11.3 Å². The van der Waals surface area contributed by atoms with Gasteiger partial charge in [0, 0.05) is 13.1 Å². The van der Waals surface area contributed by atoms with E-state index in [2.05, 4.69) is 17.0 Å². The van der Waals surface area contributed by atoms with Crippen LogP contribution in [0.4, 0.5) is 0 Å². The van der Waals surface area contributed by atoms with Crippen LogP contribution in [0.25, 0.3) is 10.2 Å². The number of sulfonamides is 1. The van der Waals surface area contributed by atoms with Gasteiger partial charge >= 0.3 is 0 Å². The lowest BCUT2D eigenvalue weighted by molar-refractivity contribution is -0.122. The third-order valence-corrected chi connectivity index (χ3v) is 9.11. The van der Waals surface area contributed by atoms with E-state index in [-0.39, 0.29) is 17.3 Å². The Kier molecular flexibility index (Phi) is 6.94. The molecule has 9 heteroatoms. The second kappa shape index (κ2) is 9.74. The van der Waals surface area contributed by atoms with Crippen LogP contribution in [-0.4, -0.2) is 43.4 Å². The minimum Gasteiger partial charge on any atom is -0.497 e. The number of fused-ring (bicyclic) bond motifs is 1. The highest BCUT2D eigenvalue weighted by Crippen LogP contribution is 2.27. The summed E-state index contributed by atoms with van der Waals surface area (Å²) in [7, 11) is -2.19. The van der Waals surface area contributed by atoms with Gasteiger partial charge in [-0.1, -0.05) is 23.3 Å². The second-order valence-electron chi connectivity index (χ2n) is 8.43. The topological polar surface area (TPSA) is 81.0 Å². The van der Waals surface area contributed by atoms with Crippen LogP contribution in [0.3, 0.4) is 0 Å². The lowest BCUT2D eigenvalue weighted by Crippen LogP contribution is -2.42. The van der Waals surface area contributed by atoms with Gasteiger partial charge in [-0.25, -0.2) is 8.42 Å². The van der Waals surface area contributed by atoms with Crippen LogP contribution in [0.5, 0.6) is 5.75 Å². The summed E-state index contributed by atoms with van der Waals surface area (Å²) in [5, 5.41) is 0. The van der Waals surface area contributed by atoms with Crippen molar-refractivity contribution in [1.82, 2.24) is 8.87 Å². The van der Waals surface area contributed by atoms with E-state index in [9.17, 15) is 13.2 Å². The molecule has 178 valence electrons. The normalized spacial score (nSPS) is 17.6. The molecule has 1 unspecified atom stereocenters. The van der Waals surface area contributed by atoms with Crippen molar-refractivity contribution in [3.63, 3.8) is 0 Å². The van der Waals surface area contributed by atoms with Gasteiger partial charge in [-0.2, -0.15) is 9.30 Å². The highest BCUT2D eigenvalue weighted by atomic mass is 32.2. The number of methoxy groups -OCH3 is 1. The number of hydrogen-bond acceptors (Lipinski definition) is 5. The molecule has 1 atom stereocenters. The van der Waals surface area contributed by atoms with Crippen LogP contribution in [0, 0.1) is 32.1 Å². The minimum absolute atomic E-state index is 0.106. The van der Waals surface area contributed by atoms with Gasteiger partial charge in [-0.3, -0.25) is 4.79 Å². The minimum atomic E-state index is -3.72. The van der Waals surface area contributed by atoms with Gasteiger partial charge in [-0.05, 0) is 68.1 Å². The van der Waals surface area contributed by atoms with Gasteiger partial charge in [0.2, 0.25) is 10.0 Å². The molecular weight excluding hydrogens is 470 g/mol. The summed E-state index contributed by atoms with van der Waals surface area (Å²) in [6, 6.07) is 10.4. The number of carbonyl (C=O) groups excluding carboxylic acids is 1. The predicted molar refractivity (Wildman–Crippen MR) is 133 cm³/mol. The summed E-state index contributed by atoms with van der Waals surface area (Å²) in [6.07, 6.45) is 6.78. The Morgan fingerprint density at radius 2 is 2.00 bits per heavy atom. The summed E-state index contributed by atoms with van der Waals surface area (Å²) in [5.41, 5.74) is 3.17. The Morgan fingerprint density at radius 1 is 1.26 bits per heavy atom. The fourth-order valence-electron chi connectivity index (χ4n) is 4.29. The molecule has 0 spiro atoms. The van der Waals surface area contributed by atoms with Crippen LogP contribution in [0.2, 0.25) is 0 Å². The standard InChI is InChI=1S/C25H27N3O4S2/c1-5-12-28-22-15-17(2)14-18(3)23(22)33-25(28)26-24(29)19-7-6-13-27(16-19)34(30,31)21-10-8-20(32-4)9-11-21/h1,8-11,14-15,19H,6-7,12-13,16H2,2-4H3. The van der Waals surface area contributed by atoms with Crippen molar-refractivity contribution in [2.75, 3.05) is 20.2 Å². The molecule has 1 amide bonds. The third kappa shape index (κ3) is 4.67. The van der Waals surface area contributed by atoms with E-state index in [1.807, 2.05) is 24.5 Å². The molecule has 7 nitrogen and oxygen atoms in total. The molecule has 1 aliphatic rings. The van der Waals surface area contributed by atoms with Gasteiger partial charge in [-0.15, -0.1) is 6.42 Å². The van der Waals surface area contributed by atoms with Crippen molar-refractivity contribution in [2.45, 2.75) is 38.1 Å². The summed E-state index contributed by atoms with van der Waals surface area (Å²) in [4.78, 5) is 18.3. The SMILES string of the molecule is C#CCn1c(=NC(=O)C2CCCN(S(=O)(=O)c3ccc(OC)cc3)C2)sc2c(C)cc(C)cc21. The average molecular weight is 498 g/mol. The van der Waals surface area contributed by atoms with E-state index in [0.29, 0.717) is 36.5 Å². The predicted octanol–water partition coefficient (Wildman–Crippen LogP) is 3.49. The number of aromatic nitrogens is 1. The van der Waals surface area contributed by atoms with Crippen LogP contribution in [-0.2, 0) is 21.4 Å². The van der Waals surface area contributed by atoms with Gasteiger partial charge in [0.1, 0.15) is 5.75 Å². The molecule has 1 aromatic heterocycles. The molecule has 0 aliphatic carbocycles. The van der Waals surface area contributed by atoms with E-state index in [4.69, 9.17) is 11.2 Å². The first kappa shape index (κ1) is 24.2. The number of ether oxygens (including phenoxy) is 1. The molecule has 1 fully saturated rings. The third-order valence-electron chi connectivity index (χ3n) is 6.00. The number of rotatable bonds is 5. The monoisotopic (exact) mass is 497 g/mol. The molecule has 0 saturated carbocycles. The molecular formula is C25H27N3O4S2. The van der Waals surface area contributed by atoms with Gasteiger partial charge < -0.3 is 9.30 Å². The molecule has 0 bridgehead atoms. The Bertz CT molecular complexity index is 1440. The van der Waals surface area contributed by atoms with Crippen molar-refractivity contribution in [2.24, 2.45) is 10.9 Å². The van der Waals surface area contributed by atoms with E-state index < -0.39 is 15.9 Å². The lowest BCUT2D eigenvalue weighted by Gasteiger charge is -2.30. The molecule has 1 aliphatic heterocycles. The smallest absolute Gasteiger partial charge is 0.252 e. The molecule has 2 aromatic carbocycles. The average Bonchev–Trinajstić information content (AvgIpc) is 3.16. The first-order valence-corrected chi connectivity index (χ1v) is 13.3. The highest BCUT2D eigenvalue weighted by molar-refractivity contribution is 7.89. The molecule has 0 radical (unpaired) electrons. The number of piperidine rings is 1. The number of aryl methyl sites for hydroxylation is 2. The number of amides is 1. The first-order chi connectivity index (χ1) is 16.2. The zero-order chi connectivity index (χ0) is 24.5. The molecule has 4 rings (SSSR count). The second-order valence-corrected chi connectivity index (χ2v) is 11.3. The number of terminal acetylenes is 1. The number of thiazole rings is 1. The Balaban J connectivity index is 1.64. The van der Waals surface area contributed by atoms with Crippen LogP contribution < -0.4 is 9.54 Å². The van der Waals surface area contributed by atoms with Crippen molar-refractivity contribution < 1.29 is 17.9 Å². The maximum atomic E-state index is 13.2. The highest BCUT2D eigenvalue weighted by Gasteiger charge is 2.33. The van der Waals surface area contributed by atoms with Gasteiger partial charge in [0.05, 0.1) is 34.7 Å². The Hall–Kier alpha value is -2.93. The fourth-order valence-corrected chi connectivity index (χ4v) is 6.90. The number of nitrogens with zero attached hydrogens (tertiary/aromatic N) is 3. The molecule has 0 N–H and O–H groups in total. The number of hydrogen-bond donors (Lipinski definition) is 0. The quantitative estimate of drug-likeness (QED) is 0.506. The van der Waals surface area contributed by atoms with Crippen molar-refractivity contribution >= 4 is 37.5 Å². The summed E-state index contributed by atoms with van der Waals surface area (Å²) < 4.78 is 35.7. The summed E-state index contributed by atoms with van der Waals surface area (Å²) >= 11 is 1.43. The maximum Gasteiger partial charge on any atom is 0.252 e. The van der Waals surface area contributed by atoms with Crippen molar-refractivity contribution in [3.8, 4) is 18.1 Å². The fraction of sp³-hybridized carbons (Fsp3) is 0.360. The largest absolute Gasteiger partial charge is 0.497 e. The van der Waals surface area contributed by atoms with E-state index in [1.165, 1.54) is 34.9 Å². The van der Waals surface area contributed by atoms with Crippen molar-refractivity contribution in [3.05, 3.63) is 52.3 Å². The van der Waals surface area contributed by atoms with Gasteiger partial charge in [0.25, 0.3) is 5.91 Å².